The molecule has 2 aromatic rings. The van der Waals surface area contributed by atoms with Gasteiger partial charge in [0.2, 0.25) is 5.78 Å². The summed E-state index contributed by atoms with van der Waals surface area (Å²) in [6.07, 6.45) is 2.54. The SMILES string of the molecule is Cn1cc(/C=C(\C#N)C(=O)c2ccc(C(C)(C)C)cc2)c(=O)n(C)c1=O. The maximum atomic E-state index is 12.6. The topological polar surface area (TPSA) is 84.9 Å². The van der Waals surface area contributed by atoms with Crippen molar-refractivity contribution in [1.29, 1.82) is 5.26 Å². The number of ketones is 1. The van der Waals surface area contributed by atoms with Gasteiger partial charge in [0.15, 0.2) is 0 Å². The Kier molecular flexibility index (Phi) is 5.12. The van der Waals surface area contributed by atoms with Crippen molar-refractivity contribution in [3.8, 4) is 6.07 Å². The smallest absolute Gasteiger partial charge is 0.303 e. The Labute approximate surface area is 151 Å². The van der Waals surface area contributed by atoms with Gasteiger partial charge in [-0.15, -0.1) is 0 Å². The van der Waals surface area contributed by atoms with Gasteiger partial charge in [-0.2, -0.15) is 5.26 Å². The van der Waals surface area contributed by atoms with Gasteiger partial charge in [0.05, 0.1) is 5.56 Å². The van der Waals surface area contributed by atoms with Gasteiger partial charge in [-0.1, -0.05) is 45.0 Å². The van der Waals surface area contributed by atoms with Gasteiger partial charge < -0.3 is 4.57 Å². The standard InChI is InChI=1S/C20H21N3O3/c1-20(2,3)16-8-6-13(7-9-16)17(24)14(11-21)10-15-12-22(4)19(26)23(5)18(15)25/h6-10,12H,1-5H3/b14-10+. The number of benzene rings is 1. The molecule has 0 spiro atoms. The van der Waals surface area contributed by atoms with Gasteiger partial charge in [-0.05, 0) is 17.1 Å². The number of rotatable bonds is 3. The third kappa shape index (κ3) is 3.72. The first kappa shape index (κ1) is 19.1. The summed E-state index contributed by atoms with van der Waals surface area (Å²) in [5, 5.41) is 9.37. The number of nitrogens with zero attached hydrogens (tertiary/aromatic N) is 3. The van der Waals surface area contributed by atoms with Crippen LogP contribution < -0.4 is 11.2 Å². The van der Waals surface area contributed by atoms with Crippen molar-refractivity contribution in [2.75, 3.05) is 0 Å². The molecule has 0 N–H and O–H groups in total. The number of Topliss-reactive ketones (excluding diaryl/α,β-unsaturated/α-hetero) is 1. The molecule has 0 aliphatic heterocycles. The lowest BCUT2D eigenvalue weighted by Gasteiger charge is -2.18. The Bertz CT molecular complexity index is 1040. The van der Waals surface area contributed by atoms with Crippen LogP contribution in [0.1, 0.15) is 42.3 Å². The molecule has 134 valence electrons. The van der Waals surface area contributed by atoms with Crippen molar-refractivity contribution < 1.29 is 4.79 Å². The summed E-state index contributed by atoms with van der Waals surface area (Å²) in [7, 11) is 2.85. The van der Waals surface area contributed by atoms with E-state index in [1.54, 1.807) is 12.1 Å². The minimum absolute atomic E-state index is 0.0451. The van der Waals surface area contributed by atoms with E-state index in [0.717, 1.165) is 10.1 Å². The molecule has 0 amide bonds. The van der Waals surface area contributed by atoms with Crippen LogP contribution in [-0.4, -0.2) is 14.9 Å². The van der Waals surface area contributed by atoms with E-state index in [1.807, 2.05) is 18.2 Å². The molecule has 0 atom stereocenters. The first-order valence-electron chi connectivity index (χ1n) is 8.10. The van der Waals surface area contributed by atoms with Crippen molar-refractivity contribution >= 4 is 11.9 Å². The molecule has 0 radical (unpaired) electrons. The monoisotopic (exact) mass is 351 g/mol. The fraction of sp³-hybridized carbons (Fsp3) is 0.300. The zero-order valence-electron chi connectivity index (χ0n) is 15.5. The van der Waals surface area contributed by atoms with Crippen molar-refractivity contribution in [2.45, 2.75) is 26.2 Å². The van der Waals surface area contributed by atoms with Crippen LogP contribution in [0.4, 0.5) is 0 Å². The van der Waals surface area contributed by atoms with E-state index in [1.165, 1.54) is 30.9 Å². The molecule has 0 bridgehead atoms. The Hall–Kier alpha value is -3.20. The highest BCUT2D eigenvalue weighted by atomic mass is 16.2. The fourth-order valence-electron chi connectivity index (χ4n) is 2.52. The number of aromatic nitrogens is 2. The second-order valence-corrected chi connectivity index (χ2v) is 7.17. The molecule has 26 heavy (non-hydrogen) atoms. The third-order valence-electron chi connectivity index (χ3n) is 4.15. The molecule has 1 heterocycles. The summed E-state index contributed by atoms with van der Waals surface area (Å²) < 4.78 is 2.16. The second-order valence-electron chi connectivity index (χ2n) is 7.17. The van der Waals surface area contributed by atoms with E-state index in [-0.39, 0.29) is 16.6 Å². The fourth-order valence-corrected chi connectivity index (χ4v) is 2.52. The van der Waals surface area contributed by atoms with E-state index < -0.39 is 17.0 Å². The molecular formula is C20H21N3O3. The number of hydrogen-bond donors (Lipinski definition) is 0. The number of carbonyl (C=O) groups is 1. The quantitative estimate of drug-likeness (QED) is 0.482. The summed E-state index contributed by atoms with van der Waals surface area (Å²) in [6, 6.07) is 8.91. The minimum Gasteiger partial charge on any atom is -0.303 e. The maximum Gasteiger partial charge on any atom is 0.330 e. The number of nitriles is 1. The Morgan fingerprint density at radius 3 is 2.19 bits per heavy atom. The molecule has 6 nitrogen and oxygen atoms in total. The van der Waals surface area contributed by atoms with E-state index in [4.69, 9.17) is 0 Å². The molecule has 0 fully saturated rings. The van der Waals surface area contributed by atoms with Gasteiger partial charge in [-0.3, -0.25) is 14.2 Å². The zero-order chi connectivity index (χ0) is 19.6. The van der Waals surface area contributed by atoms with E-state index in [0.29, 0.717) is 5.56 Å². The second kappa shape index (κ2) is 6.96. The highest BCUT2D eigenvalue weighted by Gasteiger charge is 2.17. The van der Waals surface area contributed by atoms with Gasteiger partial charge in [0, 0.05) is 25.9 Å². The zero-order valence-corrected chi connectivity index (χ0v) is 15.5. The van der Waals surface area contributed by atoms with Crippen molar-refractivity contribution in [1.82, 2.24) is 9.13 Å². The number of allylic oxidation sites excluding steroid dienone is 1. The van der Waals surface area contributed by atoms with E-state index in [9.17, 15) is 19.6 Å². The van der Waals surface area contributed by atoms with Crippen molar-refractivity contribution in [3.05, 3.63) is 73.6 Å². The average Bonchev–Trinajstić information content (AvgIpc) is 2.60. The predicted molar refractivity (Wildman–Crippen MR) is 100.0 cm³/mol. The summed E-state index contributed by atoms with van der Waals surface area (Å²) in [5.41, 5.74) is 0.300. The van der Waals surface area contributed by atoms with Crippen LogP contribution in [0, 0.1) is 11.3 Å². The largest absolute Gasteiger partial charge is 0.330 e. The molecule has 0 aliphatic carbocycles. The molecule has 0 aliphatic rings. The normalized spacial score (nSPS) is 11.9. The molecule has 6 heteroatoms. The van der Waals surface area contributed by atoms with Crippen LogP contribution in [0.3, 0.4) is 0 Å². The van der Waals surface area contributed by atoms with E-state index in [2.05, 4.69) is 20.8 Å². The van der Waals surface area contributed by atoms with Crippen LogP contribution in [0.25, 0.3) is 6.08 Å². The predicted octanol–water partition coefficient (Wildman–Crippen LogP) is 2.17. The lowest BCUT2D eigenvalue weighted by molar-refractivity contribution is 0.104. The summed E-state index contributed by atoms with van der Waals surface area (Å²) in [6.45, 7) is 6.21. The van der Waals surface area contributed by atoms with Crippen LogP contribution in [0.5, 0.6) is 0 Å². The number of aryl methyl sites for hydroxylation is 1. The minimum atomic E-state index is -0.559. The van der Waals surface area contributed by atoms with Gasteiger partial charge >= 0.3 is 5.69 Å². The molecule has 2 rings (SSSR count). The summed E-state index contributed by atoms with van der Waals surface area (Å²) >= 11 is 0. The number of carbonyl (C=O) groups excluding carboxylic acids is 1. The molecule has 0 saturated carbocycles. The Balaban J connectivity index is 2.48. The molecule has 1 aromatic carbocycles. The first-order valence-corrected chi connectivity index (χ1v) is 8.10. The number of hydrogen-bond acceptors (Lipinski definition) is 4. The van der Waals surface area contributed by atoms with Gasteiger partial charge in [0.1, 0.15) is 11.6 Å². The molecular weight excluding hydrogens is 330 g/mol. The van der Waals surface area contributed by atoms with Crippen LogP contribution in [-0.2, 0) is 19.5 Å². The van der Waals surface area contributed by atoms with Gasteiger partial charge in [-0.25, -0.2) is 4.79 Å². The first-order chi connectivity index (χ1) is 12.1. The molecule has 0 unspecified atom stereocenters. The lowest BCUT2D eigenvalue weighted by atomic mass is 9.86. The van der Waals surface area contributed by atoms with Gasteiger partial charge in [0.25, 0.3) is 5.56 Å². The van der Waals surface area contributed by atoms with Crippen molar-refractivity contribution in [2.24, 2.45) is 14.1 Å². The highest BCUT2D eigenvalue weighted by molar-refractivity contribution is 6.14. The lowest BCUT2D eigenvalue weighted by Crippen LogP contribution is -2.37. The summed E-state index contributed by atoms with van der Waals surface area (Å²) in [5.74, 6) is -0.469. The van der Waals surface area contributed by atoms with Crippen LogP contribution in [0.2, 0.25) is 0 Å². The van der Waals surface area contributed by atoms with E-state index >= 15 is 0 Å². The van der Waals surface area contributed by atoms with Crippen LogP contribution >= 0.6 is 0 Å². The molecule has 0 saturated heterocycles. The van der Waals surface area contributed by atoms with Crippen molar-refractivity contribution in [3.63, 3.8) is 0 Å². The van der Waals surface area contributed by atoms with Crippen LogP contribution in [0.15, 0.2) is 45.6 Å². The summed E-state index contributed by atoms with van der Waals surface area (Å²) in [4.78, 5) is 36.6. The highest BCUT2D eigenvalue weighted by Crippen LogP contribution is 2.23. The third-order valence-corrected chi connectivity index (χ3v) is 4.15. The maximum absolute atomic E-state index is 12.6. The molecule has 1 aromatic heterocycles. The average molecular weight is 351 g/mol. The Morgan fingerprint density at radius 2 is 1.69 bits per heavy atom. The Morgan fingerprint density at radius 1 is 1.12 bits per heavy atom.